The van der Waals surface area contributed by atoms with Crippen LogP contribution in [0.5, 0.6) is 0 Å². The van der Waals surface area contributed by atoms with Crippen molar-refractivity contribution in [3.63, 3.8) is 0 Å². The van der Waals surface area contributed by atoms with Crippen molar-refractivity contribution in [3.05, 3.63) is 30.3 Å². The van der Waals surface area contributed by atoms with E-state index in [0.29, 0.717) is 36.4 Å². The van der Waals surface area contributed by atoms with Crippen LogP contribution in [0.3, 0.4) is 0 Å². The van der Waals surface area contributed by atoms with E-state index in [2.05, 4.69) is 10.3 Å². The number of hydrogen-bond donors (Lipinski definition) is 2. The molecular formula is C17H29IN4O2S. The number of nitrogens with two attached hydrogens (primary N) is 1. The number of benzene rings is 1. The Labute approximate surface area is 168 Å². The summed E-state index contributed by atoms with van der Waals surface area (Å²) in [5.41, 5.74) is 5.77. The van der Waals surface area contributed by atoms with Gasteiger partial charge in [-0.3, -0.25) is 4.99 Å². The van der Waals surface area contributed by atoms with Crippen LogP contribution in [0, 0.1) is 5.92 Å². The molecule has 0 bridgehead atoms. The number of piperidine rings is 1. The van der Waals surface area contributed by atoms with Crippen LogP contribution in [0.4, 0.5) is 0 Å². The molecule has 1 saturated heterocycles. The third-order valence-corrected chi connectivity index (χ3v) is 5.89. The Hall–Kier alpha value is -0.870. The summed E-state index contributed by atoms with van der Waals surface area (Å²) < 4.78 is 26.7. The van der Waals surface area contributed by atoms with E-state index in [1.165, 1.54) is 0 Å². The quantitative estimate of drug-likeness (QED) is 0.394. The van der Waals surface area contributed by atoms with Gasteiger partial charge in [0.25, 0.3) is 0 Å². The first-order valence-electron chi connectivity index (χ1n) is 8.32. The molecule has 1 aromatic rings. The smallest absolute Gasteiger partial charge is 0.243 e. The number of nitrogens with zero attached hydrogens (tertiary/aromatic N) is 2. The van der Waals surface area contributed by atoms with E-state index in [4.69, 9.17) is 5.73 Å². The summed E-state index contributed by atoms with van der Waals surface area (Å²) in [6, 6.07) is 8.60. The van der Waals surface area contributed by atoms with E-state index in [9.17, 15) is 8.42 Å². The lowest BCUT2D eigenvalue weighted by Crippen LogP contribution is -2.45. The van der Waals surface area contributed by atoms with Crippen LogP contribution < -0.4 is 11.1 Å². The largest absolute Gasteiger partial charge is 0.370 e. The number of rotatable bonds is 4. The lowest BCUT2D eigenvalue weighted by molar-refractivity contribution is 0.278. The summed E-state index contributed by atoms with van der Waals surface area (Å²) in [5, 5.41) is 3.13. The molecule has 1 fully saturated rings. The first-order valence-corrected chi connectivity index (χ1v) is 9.76. The standard InChI is InChI=1S/C17H28N4O2S.HI/c1-17(2,3)20-16(18)19-13-14-9-11-21(12-10-14)24(22,23)15-7-5-4-6-8-15;/h4-8,14H,9-13H2,1-3H3,(H3,18,19,20);1H. The molecule has 0 radical (unpaired) electrons. The molecular weight excluding hydrogens is 451 g/mol. The Morgan fingerprint density at radius 1 is 1.24 bits per heavy atom. The van der Waals surface area contributed by atoms with Crippen LogP contribution in [0.1, 0.15) is 33.6 Å². The molecule has 0 atom stereocenters. The molecule has 1 heterocycles. The number of nitrogens with one attached hydrogen (secondary N) is 1. The number of sulfonamides is 1. The highest BCUT2D eigenvalue weighted by molar-refractivity contribution is 14.0. The zero-order valence-corrected chi connectivity index (χ0v) is 18.3. The third-order valence-electron chi connectivity index (χ3n) is 3.98. The molecule has 2 rings (SSSR count). The molecule has 3 N–H and O–H groups in total. The number of hydrogen-bond acceptors (Lipinski definition) is 3. The molecule has 0 aromatic heterocycles. The Kier molecular flexibility index (Phi) is 8.14. The van der Waals surface area contributed by atoms with Gasteiger partial charge in [0.2, 0.25) is 10.0 Å². The van der Waals surface area contributed by atoms with E-state index in [1.54, 1.807) is 28.6 Å². The van der Waals surface area contributed by atoms with E-state index in [1.807, 2.05) is 26.8 Å². The summed E-state index contributed by atoms with van der Waals surface area (Å²) in [5.74, 6) is 0.814. The Morgan fingerprint density at radius 2 is 1.80 bits per heavy atom. The molecule has 8 heteroatoms. The van der Waals surface area contributed by atoms with Crippen LogP contribution in [-0.4, -0.2) is 43.9 Å². The molecule has 0 amide bonds. The molecule has 0 aliphatic carbocycles. The van der Waals surface area contributed by atoms with Crippen LogP contribution in [0.25, 0.3) is 0 Å². The number of halogens is 1. The highest BCUT2D eigenvalue weighted by Gasteiger charge is 2.29. The fraction of sp³-hybridized carbons (Fsp3) is 0.588. The van der Waals surface area contributed by atoms with Gasteiger partial charge in [0, 0.05) is 25.2 Å². The monoisotopic (exact) mass is 480 g/mol. The normalized spacial score (nSPS) is 17.8. The SMILES string of the molecule is CC(C)(C)NC(N)=NCC1CCN(S(=O)(=O)c2ccccc2)CC1.I. The maximum absolute atomic E-state index is 12.6. The minimum atomic E-state index is -3.38. The lowest BCUT2D eigenvalue weighted by Gasteiger charge is -2.30. The van der Waals surface area contributed by atoms with E-state index in [0.717, 1.165) is 12.8 Å². The predicted octanol–water partition coefficient (Wildman–Crippen LogP) is 2.41. The molecule has 1 aliphatic heterocycles. The van der Waals surface area contributed by atoms with Gasteiger partial charge in [-0.15, -0.1) is 24.0 Å². The molecule has 1 aliphatic rings. The van der Waals surface area contributed by atoms with Crippen LogP contribution in [-0.2, 0) is 10.0 Å². The summed E-state index contributed by atoms with van der Waals surface area (Å²) in [4.78, 5) is 4.76. The van der Waals surface area contributed by atoms with Crippen LogP contribution >= 0.6 is 24.0 Å². The topological polar surface area (TPSA) is 87.8 Å². The Bertz CT molecular complexity index is 664. The zero-order chi connectivity index (χ0) is 17.8. The number of aliphatic imine (C=N–C) groups is 1. The van der Waals surface area contributed by atoms with Crippen LogP contribution in [0.15, 0.2) is 40.2 Å². The van der Waals surface area contributed by atoms with Gasteiger partial charge in [-0.2, -0.15) is 4.31 Å². The Morgan fingerprint density at radius 3 is 2.32 bits per heavy atom. The van der Waals surface area contributed by atoms with Gasteiger partial charge < -0.3 is 11.1 Å². The predicted molar refractivity (Wildman–Crippen MR) is 113 cm³/mol. The average molecular weight is 480 g/mol. The molecule has 1 aromatic carbocycles. The fourth-order valence-electron chi connectivity index (χ4n) is 2.72. The van der Waals surface area contributed by atoms with Crippen molar-refractivity contribution in [2.45, 2.75) is 44.0 Å². The number of guanidine groups is 1. The van der Waals surface area contributed by atoms with Crippen molar-refractivity contribution in [1.82, 2.24) is 9.62 Å². The maximum Gasteiger partial charge on any atom is 0.243 e. The molecule has 6 nitrogen and oxygen atoms in total. The molecule has 0 unspecified atom stereocenters. The van der Waals surface area contributed by atoms with Gasteiger partial charge in [-0.1, -0.05) is 18.2 Å². The van der Waals surface area contributed by atoms with Gasteiger partial charge in [0.1, 0.15) is 0 Å². The van der Waals surface area contributed by atoms with Crippen molar-refractivity contribution in [2.75, 3.05) is 19.6 Å². The van der Waals surface area contributed by atoms with Crippen molar-refractivity contribution in [2.24, 2.45) is 16.6 Å². The van der Waals surface area contributed by atoms with Crippen molar-refractivity contribution in [3.8, 4) is 0 Å². The highest BCUT2D eigenvalue weighted by Crippen LogP contribution is 2.23. The lowest BCUT2D eigenvalue weighted by atomic mass is 9.98. The van der Waals surface area contributed by atoms with Crippen molar-refractivity contribution < 1.29 is 8.42 Å². The Balaban J connectivity index is 0.00000312. The highest BCUT2D eigenvalue weighted by atomic mass is 127. The molecule has 0 saturated carbocycles. The fourth-order valence-corrected chi connectivity index (χ4v) is 4.22. The van der Waals surface area contributed by atoms with E-state index >= 15 is 0 Å². The molecule has 25 heavy (non-hydrogen) atoms. The zero-order valence-electron chi connectivity index (χ0n) is 15.1. The maximum atomic E-state index is 12.6. The first kappa shape index (κ1) is 22.2. The van der Waals surface area contributed by atoms with Gasteiger partial charge in [-0.05, 0) is 51.7 Å². The van der Waals surface area contributed by atoms with E-state index in [-0.39, 0.29) is 29.5 Å². The summed E-state index contributed by atoms with van der Waals surface area (Å²) >= 11 is 0. The van der Waals surface area contributed by atoms with Crippen molar-refractivity contribution >= 4 is 40.0 Å². The van der Waals surface area contributed by atoms with Crippen LogP contribution in [0.2, 0.25) is 0 Å². The van der Waals surface area contributed by atoms with Gasteiger partial charge in [-0.25, -0.2) is 8.42 Å². The second-order valence-corrected chi connectivity index (χ2v) is 9.20. The minimum Gasteiger partial charge on any atom is -0.370 e. The minimum absolute atomic E-state index is 0. The second kappa shape index (κ2) is 9.18. The first-order chi connectivity index (χ1) is 11.2. The van der Waals surface area contributed by atoms with Gasteiger partial charge in [0.15, 0.2) is 5.96 Å². The summed E-state index contributed by atoms with van der Waals surface area (Å²) in [6.07, 6.45) is 1.61. The van der Waals surface area contributed by atoms with Gasteiger partial charge >= 0.3 is 0 Å². The van der Waals surface area contributed by atoms with Crippen molar-refractivity contribution in [1.29, 1.82) is 0 Å². The molecule has 0 spiro atoms. The second-order valence-electron chi connectivity index (χ2n) is 7.26. The molecule has 142 valence electrons. The summed E-state index contributed by atoms with van der Waals surface area (Å²) in [7, 11) is -3.38. The van der Waals surface area contributed by atoms with Gasteiger partial charge in [0.05, 0.1) is 4.90 Å². The average Bonchev–Trinajstić information content (AvgIpc) is 2.52. The van der Waals surface area contributed by atoms with E-state index < -0.39 is 10.0 Å². The summed E-state index contributed by atoms with van der Waals surface area (Å²) in [6.45, 7) is 7.79. The third kappa shape index (κ3) is 6.74.